The number of amides is 1. The summed E-state index contributed by atoms with van der Waals surface area (Å²) in [7, 11) is 0. The summed E-state index contributed by atoms with van der Waals surface area (Å²) in [5.41, 5.74) is 6.90. The number of ether oxygens (including phenoxy) is 1. The predicted molar refractivity (Wildman–Crippen MR) is 72.2 cm³/mol. The number of nitrogens with zero attached hydrogens (tertiary/aromatic N) is 1. The zero-order chi connectivity index (χ0) is 13.8. The number of rotatable bonds is 4. The Morgan fingerprint density at radius 2 is 2.11 bits per heavy atom. The Balaban J connectivity index is 2.16. The second kappa shape index (κ2) is 5.95. The van der Waals surface area contributed by atoms with Crippen LogP contribution >= 0.6 is 0 Å². The summed E-state index contributed by atoms with van der Waals surface area (Å²) >= 11 is 0. The second-order valence-electron chi connectivity index (χ2n) is 4.53. The number of carbonyl (C=O) groups excluding carboxylic acids is 2. The number of morpholine rings is 1. The van der Waals surface area contributed by atoms with Gasteiger partial charge >= 0.3 is 0 Å². The van der Waals surface area contributed by atoms with Crippen LogP contribution in [0.4, 0.5) is 5.69 Å². The zero-order valence-electron chi connectivity index (χ0n) is 11.0. The molecule has 5 nitrogen and oxygen atoms in total. The summed E-state index contributed by atoms with van der Waals surface area (Å²) in [6, 6.07) is 7.05. The number of anilines is 1. The Labute approximate surface area is 112 Å². The number of Topliss-reactive ketones (excluding diaryl/α,β-unsaturated/α-hetero) is 1. The van der Waals surface area contributed by atoms with Gasteiger partial charge in [0.25, 0.3) is 5.91 Å². The summed E-state index contributed by atoms with van der Waals surface area (Å²) < 4.78 is 5.42. The number of nitrogens with two attached hydrogens (primary N) is 1. The smallest absolute Gasteiger partial charge is 0.256 e. The Hall–Kier alpha value is -1.72. The van der Waals surface area contributed by atoms with Crippen LogP contribution in [0.15, 0.2) is 24.3 Å². The van der Waals surface area contributed by atoms with Crippen molar-refractivity contribution in [2.75, 3.05) is 24.6 Å². The van der Waals surface area contributed by atoms with E-state index in [1.54, 1.807) is 29.2 Å². The van der Waals surface area contributed by atoms with Crippen molar-refractivity contribution >= 4 is 17.4 Å². The molecule has 0 aromatic heterocycles. The molecule has 2 rings (SSSR count). The largest absolute Gasteiger partial charge is 0.366 e. The average Bonchev–Trinajstić information content (AvgIpc) is 2.41. The highest BCUT2D eigenvalue weighted by Crippen LogP contribution is 2.20. The minimum absolute atomic E-state index is 0.0147. The van der Waals surface area contributed by atoms with E-state index in [-0.39, 0.29) is 11.7 Å². The fourth-order valence-electron chi connectivity index (χ4n) is 2.13. The maximum Gasteiger partial charge on any atom is 0.256 e. The number of ketones is 1. The van der Waals surface area contributed by atoms with Crippen LogP contribution < -0.4 is 10.6 Å². The molecule has 1 unspecified atom stereocenters. The molecule has 1 aliphatic rings. The summed E-state index contributed by atoms with van der Waals surface area (Å²) in [5.74, 6) is -0.0480. The fraction of sp³-hybridized carbons (Fsp3) is 0.429. The van der Waals surface area contributed by atoms with Gasteiger partial charge in [-0.05, 0) is 44.2 Å². The fourth-order valence-corrected chi connectivity index (χ4v) is 2.13. The molecule has 2 N–H and O–H groups in total. The van der Waals surface area contributed by atoms with E-state index in [1.165, 1.54) is 6.92 Å². The van der Waals surface area contributed by atoms with Crippen LogP contribution in [-0.2, 0) is 9.53 Å². The molecule has 0 spiro atoms. The Bertz CT molecular complexity index is 468. The van der Waals surface area contributed by atoms with Gasteiger partial charge in [-0.15, -0.1) is 0 Å². The molecule has 0 radical (unpaired) electrons. The first kappa shape index (κ1) is 13.7. The van der Waals surface area contributed by atoms with Gasteiger partial charge in [-0.25, -0.2) is 0 Å². The summed E-state index contributed by atoms with van der Waals surface area (Å²) in [6.45, 7) is 2.98. The molecule has 0 saturated carbocycles. The first-order chi connectivity index (χ1) is 9.13. The highest BCUT2D eigenvalue weighted by Gasteiger charge is 2.29. The zero-order valence-corrected chi connectivity index (χ0v) is 11.0. The molecule has 5 heteroatoms. The molecule has 0 bridgehead atoms. The number of hydrogen-bond donors (Lipinski definition) is 1. The lowest BCUT2D eigenvalue weighted by Crippen LogP contribution is -2.48. The second-order valence-corrected chi connectivity index (χ2v) is 4.53. The van der Waals surface area contributed by atoms with Crippen molar-refractivity contribution in [2.24, 2.45) is 5.73 Å². The molecular weight excluding hydrogens is 244 g/mol. The lowest BCUT2D eigenvalue weighted by atomic mass is 10.1. The van der Waals surface area contributed by atoms with E-state index < -0.39 is 6.10 Å². The van der Waals surface area contributed by atoms with Crippen molar-refractivity contribution in [3.05, 3.63) is 29.8 Å². The maximum absolute atomic E-state index is 12.2. The molecule has 1 heterocycles. The summed E-state index contributed by atoms with van der Waals surface area (Å²) in [6.07, 6.45) is 0.0761. The van der Waals surface area contributed by atoms with Crippen molar-refractivity contribution in [1.29, 1.82) is 0 Å². The van der Waals surface area contributed by atoms with Crippen LogP contribution in [0.2, 0.25) is 0 Å². The van der Waals surface area contributed by atoms with Crippen molar-refractivity contribution in [3.63, 3.8) is 0 Å². The normalized spacial score (nSPS) is 19.6. The van der Waals surface area contributed by atoms with Crippen LogP contribution in [0.5, 0.6) is 0 Å². The lowest BCUT2D eigenvalue weighted by molar-refractivity contribution is -0.134. The molecule has 1 aromatic carbocycles. The molecule has 19 heavy (non-hydrogen) atoms. The van der Waals surface area contributed by atoms with E-state index in [4.69, 9.17) is 10.5 Å². The molecule has 1 atom stereocenters. The standard InChI is InChI=1S/C14H18N2O3/c1-10(17)11-2-4-12(5-3-11)16-8-9-19-13(6-7-15)14(16)18/h2-5,13H,6-9,15H2,1H3. The van der Waals surface area contributed by atoms with Crippen LogP contribution in [0.3, 0.4) is 0 Å². The lowest BCUT2D eigenvalue weighted by Gasteiger charge is -2.32. The quantitative estimate of drug-likeness (QED) is 0.821. The molecule has 102 valence electrons. The van der Waals surface area contributed by atoms with Gasteiger partial charge in [0.05, 0.1) is 6.61 Å². The van der Waals surface area contributed by atoms with E-state index in [0.717, 1.165) is 5.69 Å². The SMILES string of the molecule is CC(=O)c1ccc(N2CCOC(CCN)C2=O)cc1. The van der Waals surface area contributed by atoms with E-state index in [1.807, 2.05) is 0 Å². The predicted octanol–water partition coefficient (Wildman–Crippen LogP) is 0.970. The van der Waals surface area contributed by atoms with Gasteiger partial charge in [-0.1, -0.05) is 0 Å². The minimum atomic E-state index is -0.453. The minimum Gasteiger partial charge on any atom is -0.366 e. The third kappa shape index (κ3) is 3.00. The summed E-state index contributed by atoms with van der Waals surface area (Å²) in [4.78, 5) is 25.1. The van der Waals surface area contributed by atoms with Crippen molar-refractivity contribution in [1.82, 2.24) is 0 Å². The monoisotopic (exact) mass is 262 g/mol. The number of hydrogen-bond acceptors (Lipinski definition) is 4. The maximum atomic E-state index is 12.2. The van der Waals surface area contributed by atoms with Gasteiger partial charge in [0.1, 0.15) is 6.10 Å². The Morgan fingerprint density at radius 1 is 1.42 bits per heavy atom. The summed E-state index contributed by atoms with van der Waals surface area (Å²) in [5, 5.41) is 0. The molecule has 1 aromatic rings. The molecule has 1 saturated heterocycles. The van der Waals surface area contributed by atoms with E-state index in [0.29, 0.717) is 31.7 Å². The molecule has 1 amide bonds. The van der Waals surface area contributed by atoms with Crippen molar-refractivity contribution in [2.45, 2.75) is 19.4 Å². The third-order valence-electron chi connectivity index (χ3n) is 3.19. The molecular formula is C14H18N2O3. The Morgan fingerprint density at radius 3 is 2.68 bits per heavy atom. The molecule has 1 fully saturated rings. The van der Waals surface area contributed by atoms with Crippen LogP contribution in [-0.4, -0.2) is 37.5 Å². The van der Waals surface area contributed by atoms with Crippen LogP contribution in [0.1, 0.15) is 23.7 Å². The van der Waals surface area contributed by atoms with Crippen molar-refractivity contribution in [3.8, 4) is 0 Å². The van der Waals surface area contributed by atoms with E-state index in [9.17, 15) is 9.59 Å². The van der Waals surface area contributed by atoms with E-state index in [2.05, 4.69) is 0 Å². The highest BCUT2D eigenvalue weighted by molar-refractivity contribution is 5.98. The molecule has 0 aliphatic carbocycles. The van der Waals surface area contributed by atoms with Crippen molar-refractivity contribution < 1.29 is 14.3 Å². The first-order valence-corrected chi connectivity index (χ1v) is 6.37. The van der Waals surface area contributed by atoms with Crippen LogP contribution in [0, 0.1) is 0 Å². The first-order valence-electron chi connectivity index (χ1n) is 6.37. The van der Waals surface area contributed by atoms with Gasteiger partial charge < -0.3 is 15.4 Å². The number of carbonyl (C=O) groups is 2. The van der Waals surface area contributed by atoms with Gasteiger partial charge in [0.2, 0.25) is 0 Å². The van der Waals surface area contributed by atoms with E-state index >= 15 is 0 Å². The van der Waals surface area contributed by atoms with Gasteiger partial charge in [-0.3, -0.25) is 9.59 Å². The Kier molecular flexibility index (Phi) is 4.29. The topological polar surface area (TPSA) is 72.6 Å². The van der Waals surface area contributed by atoms with Gasteiger partial charge in [-0.2, -0.15) is 0 Å². The highest BCUT2D eigenvalue weighted by atomic mass is 16.5. The third-order valence-corrected chi connectivity index (χ3v) is 3.19. The number of benzene rings is 1. The molecule has 1 aliphatic heterocycles. The van der Waals surface area contributed by atoms with Crippen LogP contribution in [0.25, 0.3) is 0 Å². The van der Waals surface area contributed by atoms with Gasteiger partial charge in [0, 0.05) is 17.8 Å². The van der Waals surface area contributed by atoms with Gasteiger partial charge in [0.15, 0.2) is 5.78 Å². The average molecular weight is 262 g/mol.